The average Bonchev–Trinajstić information content (AvgIpc) is 2.28. The summed E-state index contributed by atoms with van der Waals surface area (Å²) in [7, 11) is 1.43. The monoisotopic (exact) mass is 264 g/mol. The standard InChI is InChI=1S/C10H11F3N2O3/c1-18-5-4-15-6-7(2-3-8(15)16)14-9(17)10(11,12)13/h2-3,6H,4-5H2,1H3,(H,14,17). The van der Waals surface area contributed by atoms with Crippen molar-refractivity contribution in [1.29, 1.82) is 0 Å². The van der Waals surface area contributed by atoms with Gasteiger partial charge in [0.05, 0.1) is 12.3 Å². The third kappa shape index (κ3) is 3.88. The van der Waals surface area contributed by atoms with Crippen molar-refractivity contribution in [3.63, 3.8) is 0 Å². The number of carbonyl (C=O) groups is 1. The molecule has 1 heterocycles. The van der Waals surface area contributed by atoms with Gasteiger partial charge in [-0.25, -0.2) is 0 Å². The molecule has 0 spiro atoms. The van der Waals surface area contributed by atoms with Gasteiger partial charge >= 0.3 is 12.1 Å². The third-order valence-electron chi connectivity index (χ3n) is 2.04. The first-order valence-corrected chi connectivity index (χ1v) is 4.92. The molecular formula is C10H11F3N2O3. The topological polar surface area (TPSA) is 60.3 Å². The zero-order valence-corrected chi connectivity index (χ0v) is 9.45. The Morgan fingerprint density at radius 2 is 2.11 bits per heavy atom. The summed E-state index contributed by atoms with van der Waals surface area (Å²) in [6.07, 6.45) is -3.83. The van der Waals surface area contributed by atoms with Crippen LogP contribution in [0.25, 0.3) is 0 Å². The highest BCUT2D eigenvalue weighted by Gasteiger charge is 2.38. The number of methoxy groups -OCH3 is 1. The van der Waals surface area contributed by atoms with Crippen molar-refractivity contribution in [2.45, 2.75) is 12.7 Å². The van der Waals surface area contributed by atoms with Crippen LogP contribution in [-0.4, -0.2) is 30.4 Å². The molecule has 0 radical (unpaired) electrons. The fraction of sp³-hybridized carbons (Fsp3) is 0.400. The molecule has 1 aromatic rings. The molecule has 18 heavy (non-hydrogen) atoms. The Bertz CT molecular complexity index is 482. The number of anilines is 1. The van der Waals surface area contributed by atoms with E-state index >= 15 is 0 Å². The van der Waals surface area contributed by atoms with Crippen LogP contribution in [0.3, 0.4) is 0 Å². The summed E-state index contributed by atoms with van der Waals surface area (Å²) in [5.74, 6) is -2.08. The Balaban J connectivity index is 2.85. The quantitative estimate of drug-likeness (QED) is 0.882. The summed E-state index contributed by atoms with van der Waals surface area (Å²) in [4.78, 5) is 22.0. The number of aromatic nitrogens is 1. The Morgan fingerprint density at radius 3 is 2.67 bits per heavy atom. The number of halogens is 3. The number of hydrogen-bond acceptors (Lipinski definition) is 3. The lowest BCUT2D eigenvalue weighted by Gasteiger charge is -2.10. The minimum atomic E-state index is -4.96. The molecular weight excluding hydrogens is 253 g/mol. The minimum absolute atomic E-state index is 0.104. The van der Waals surface area contributed by atoms with Crippen LogP contribution in [0, 0.1) is 0 Å². The van der Waals surface area contributed by atoms with Crippen LogP contribution in [0.15, 0.2) is 23.1 Å². The molecule has 1 amide bonds. The largest absolute Gasteiger partial charge is 0.471 e. The summed E-state index contributed by atoms with van der Waals surface area (Å²) in [6, 6.07) is 2.18. The van der Waals surface area contributed by atoms with Crippen LogP contribution in [0.4, 0.5) is 18.9 Å². The SMILES string of the molecule is COCCn1cc(NC(=O)C(F)(F)F)ccc1=O. The van der Waals surface area contributed by atoms with Crippen molar-refractivity contribution in [2.24, 2.45) is 0 Å². The van der Waals surface area contributed by atoms with Gasteiger partial charge < -0.3 is 14.6 Å². The molecule has 1 rings (SSSR count). The molecule has 0 fully saturated rings. The molecule has 0 atom stereocenters. The smallest absolute Gasteiger partial charge is 0.383 e. The number of hydrogen-bond donors (Lipinski definition) is 1. The molecule has 0 saturated carbocycles. The lowest BCUT2D eigenvalue weighted by atomic mass is 10.4. The van der Waals surface area contributed by atoms with E-state index in [-0.39, 0.29) is 18.8 Å². The summed E-state index contributed by atoms with van der Waals surface area (Å²) in [5, 5.41) is 1.66. The molecule has 100 valence electrons. The number of nitrogens with one attached hydrogen (secondary N) is 1. The van der Waals surface area contributed by atoms with Crippen molar-refractivity contribution in [3.8, 4) is 0 Å². The third-order valence-corrected chi connectivity index (χ3v) is 2.04. The number of pyridine rings is 1. The van der Waals surface area contributed by atoms with Gasteiger partial charge in [0.2, 0.25) is 0 Å². The van der Waals surface area contributed by atoms with Gasteiger partial charge in [-0.15, -0.1) is 0 Å². The predicted octanol–water partition coefficient (Wildman–Crippen LogP) is 0.995. The molecule has 0 aliphatic rings. The van der Waals surface area contributed by atoms with Gasteiger partial charge in [-0.2, -0.15) is 13.2 Å². The van der Waals surface area contributed by atoms with Crippen LogP contribution >= 0.6 is 0 Å². The van der Waals surface area contributed by atoms with E-state index in [0.29, 0.717) is 0 Å². The van der Waals surface area contributed by atoms with E-state index in [0.717, 1.165) is 22.9 Å². The second-order valence-corrected chi connectivity index (χ2v) is 3.39. The summed E-state index contributed by atoms with van der Waals surface area (Å²) >= 11 is 0. The van der Waals surface area contributed by atoms with Crippen molar-refractivity contribution in [2.75, 3.05) is 19.0 Å². The zero-order valence-electron chi connectivity index (χ0n) is 9.45. The highest BCUT2D eigenvalue weighted by Crippen LogP contribution is 2.17. The Hall–Kier alpha value is -1.83. The van der Waals surface area contributed by atoms with E-state index < -0.39 is 17.6 Å². The molecule has 0 bridgehead atoms. The van der Waals surface area contributed by atoms with Crippen LogP contribution in [-0.2, 0) is 16.1 Å². The van der Waals surface area contributed by atoms with E-state index in [1.807, 2.05) is 0 Å². The van der Waals surface area contributed by atoms with Gasteiger partial charge in [-0.1, -0.05) is 0 Å². The number of ether oxygens (including phenoxy) is 1. The lowest BCUT2D eigenvalue weighted by Crippen LogP contribution is -2.31. The van der Waals surface area contributed by atoms with Gasteiger partial charge in [0.1, 0.15) is 0 Å². The number of nitrogens with zero attached hydrogens (tertiary/aromatic N) is 1. The molecule has 0 aromatic carbocycles. The van der Waals surface area contributed by atoms with Crippen LogP contribution in [0.1, 0.15) is 0 Å². The number of carbonyl (C=O) groups excluding carboxylic acids is 1. The number of amides is 1. The van der Waals surface area contributed by atoms with E-state index in [4.69, 9.17) is 4.74 Å². The highest BCUT2D eigenvalue weighted by atomic mass is 19.4. The van der Waals surface area contributed by atoms with Gasteiger partial charge in [-0.3, -0.25) is 9.59 Å². The first kappa shape index (κ1) is 14.2. The Morgan fingerprint density at radius 1 is 1.44 bits per heavy atom. The summed E-state index contributed by atoms with van der Waals surface area (Å²) < 4.78 is 41.9. The van der Waals surface area contributed by atoms with Gasteiger partial charge in [0.25, 0.3) is 5.56 Å². The second kappa shape index (κ2) is 5.67. The van der Waals surface area contributed by atoms with E-state index in [1.54, 1.807) is 5.32 Å². The molecule has 1 N–H and O–H groups in total. The van der Waals surface area contributed by atoms with E-state index in [9.17, 15) is 22.8 Å². The zero-order chi connectivity index (χ0) is 13.8. The number of alkyl halides is 3. The Kier molecular flexibility index (Phi) is 4.49. The van der Waals surface area contributed by atoms with Gasteiger partial charge in [0.15, 0.2) is 0 Å². The first-order chi connectivity index (χ1) is 8.34. The Labute approximate surface area is 100 Å². The fourth-order valence-electron chi connectivity index (χ4n) is 1.17. The van der Waals surface area contributed by atoms with E-state index in [2.05, 4.69) is 0 Å². The van der Waals surface area contributed by atoms with Gasteiger partial charge in [0, 0.05) is 25.9 Å². The highest BCUT2D eigenvalue weighted by molar-refractivity contribution is 5.94. The predicted molar refractivity (Wildman–Crippen MR) is 57.3 cm³/mol. The van der Waals surface area contributed by atoms with Crippen molar-refractivity contribution in [1.82, 2.24) is 4.57 Å². The second-order valence-electron chi connectivity index (χ2n) is 3.39. The molecule has 1 aromatic heterocycles. The van der Waals surface area contributed by atoms with Crippen LogP contribution in [0.2, 0.25) is 0 Å². The molecule has 0 aliphatic heterocycles. The molecule has 0 unspecified atom stereocenters. The van der Waals surface area contributed by atoms with Crippen LogP contribution < -0.4 is 10.9 Å². The van der Waals surface area contributed by atoms with Crippen LogP contribution in [0.5, 0.6) is 0 Å². The maximum atomic E-state index is 12.0. The van der Waals surface area contributed by atoms with Crippen molar-refractivity contribution < 1.29 is 22.7 Å². The minimum Gasteiger partial charge on any atom is -0.383 e. The molecule has 8 heteroatoms. The molecule has 0 aliphatic carbocycles. The lowest BCUT2D eigenvalue weighted by molar-refractivity contribution is -0.167. The molecule has 0 saturated heterocycles. The normalized spacial score (nSPS) is 11.3. The number of rotatable bonds is 4. The average molecular weight is 264 g/mol. The van der Waals surface area contributed by atoms with E-state index in [1.165, 1.54) is 7.11 Å². The summed E-state index contributed by atoms with van der Waals surface area (Å²) in [6.45, 7) is 0.418. The van der Waals surface area contributed by atoms with Gasteiger partial charge in [-0.05, 0) is 6.07 Å². The fourth-order valence-corrected chi connectivity index (χ4v) is 1.17. The maximum Gasteiger partial charge on any atom is 0.471 e. The molecule has 5 nitrogen and oxygen atoms in total. The van der Waals surface area contributed by atoms with Crippen molar-refractivity contribution in [3.05, 3.63) is 28.7 Å². The maximum absolute atomic E-state index is 12.0. The summed E-state index contributed by atoms with van der Waals surface area (Å²) in [5.41, 5.74) is -0.495. The first-order valence-electron chi connectivity index (χ1n) is 4.92. The van der Waals surface area contributed by atoms with Crippen molar-refractivity contribution >= 4 is 11.6 Å².